The quantitative estimate of drug-likeness (QED) is 0.265. The van der Waals surface area contributed by atoms with Crippen molar-refractivity contribution >= 4 is 21.9 Å². The normalized spacial score (nSPS) is 17.1. The zero-order chi connectivity index (χ0) is 21.8. The third-order valence-electron chi connectivity index (χ3n) is 8.10. The second kappa shape index (κ2) is 5.69. The molecule has 3 heterocycles. The van der Waals surface area contributed by atoms with Gasteiger partial charge in [-0.15, -0.1) is 0 Å². The Morgan fingerprint density at radius 2 is 1.44 bits per heavy atom. The highest BCUT2D eigenvalue weighted by molar-refractivity contribution is 6.10. The zero-order valence-corrected chi connectivity index (χ0v) is 19.0. The zero-order valence-electron chi connectivity index (χ0n) is 19.0. The summed E-state index contributed by atoms with van der Waals surface area (Å²) in [7, 11) is 0. The lowest BCUT2D eigenvalue weighted by molar-refractivity contribution is 0.592. The van der Waals surface area contributed by atoms with E-state index in [1.165, 1.54) is 55.4 Å². The van der Waals surface area contributed by atoms with Crippen LogP contribution >= 0.6 is 0 Å². The second-order valence-electron chi connectivity index (χ2n) is 10.5. The Labute approximate surface area is 188 Å². The molecule has 1 aliphatic carbocycles. The van der Waals surface area contributed by atoms with E-state index in [-0.39, 0.29) is 10.8 Å². The number of benzene rings is 3. The van der Waals surface area contributed by atoms with Gasteiger partial charge in [-0.25, -0.2) is 4.98 Å². The molecule has 0 unspecified atom stereocenters. The van der Waals surface area contributed by atoms with Crippen LogP contribution in [-0.2, 0) is 17.3 Å². The highest BCUT2D eigenvalue weighted by Gasteiger charge is 2.39. The van der Waals surface area contributed by atoms with Crippen LogP contribution in [0.25, 0.3) is 27.6 Å². The van der Waals surface area contributed by atoms with Gasteiger partial charge >= 0.3 is 0 Å². The van der Waals surface area contributed by atoms with Gasteiger partial charge in [0, 0.05) is 27.8 Å². The number of para-hydroxylation sites is 1. The molecule has 2 nitrogen and oxygen atoms in total. The first kappa shape index (κ1) is 18.2. The van der Waals surface area contributed by atoms with Crippen molar-refractivity contribution in [2.45, 2.75) is 44.9 Å². The molecule has 0 atom stereocenters. The van der Waals surface area contributed by atoms with Gasteiger partial charge in [0.25, 0.3) is 0 Å². The first-order valence-corrected chi connectivity index (χ1v) is 11.5. The summed E-state index contributed by atoms with van der Waals surface area (Å²) in [6, 6.07) is 25.0. The van der Waals surface area contributed by atoms with E-state index in [1.54, 1.807) is 0 Å². The molecule has 2 heteroatoms. The van der Waals surface area contributed by atoms with Crippen molar-refractivity contribution in [2.75, 3.05) is 0 Å². The predicted octanol–water partition coefficient (Wildman–Crippen LogP) is 7.05. The van der Waals surface area contributed by atoms with Crippen LogP contribution in [0.4, 0.5) is 0 Å². The van der Waals surface area contributed by atoms with E-state index >= 15 is 0 Å². The molecule has 0 saturated carbocycles. The van der Waals surface area contributed by atoms with E-state index in [1.807, 2.05) is 6.20 Å². The van der Waals surface area contributed by atoms with Crippen molar-refractivity contribution in [1.29, 1.82) is 0 Å². The fourth-order valence-electron chi connectivity index (χ4n) is 6.46. The number of fused-ring (bicyclic) bond motifs is 7. The summed E-state index contributed by atoms with van der Waals surface area (Å²) in [5.74, 6) is 0. The molecule has 32 heavy (non-hydrogen) atoms. The summed E-state index contributed by atoms with van der Waals surface area (Å²) in [5.41, 5.74) is 12.1. The molecule has 2 aliphatic rings. The number of hydrogen-bond donors (Lipinski definition) is 0. The lowest BCUT2D eigenvalue weighted by Crippen LogP contribution is -2.31. The van der Waals surface area contributed by atoms with Crippen LogP contribution in [0.3, 0.4) is 0 Å². The molecule has 156 valence electrons. The van der Waals surface area contributed by atoms with Crippen molar-refractivity contribution < 1.29 is 0 Å². The minimum absolute atomic E-state index is 0.0153. The van der Waals surface area contributed by atoms with E-state index in [2.05, 4.69) is 99.0 Å². The Morgan fingerprint density at radius 3 is 2.31 bits per heavy atom. The Kier molecular flexibility index (Phi) is 3.24. The fraction of sp³-hybridized carbons (Fsp3) is 0.233. The number of hydrogen-bond acceptors (Lipinski definition) is 1. The van der Waals surface area contributed by atoms with E-state index in [0.717, 1.165) is 12.1 Å². The first-order valence-electron chi connectivity index (χ1n) is 11.5. The van der Waals surface area contributed by atoms with Crippen LogP contribution in [0.1, 0.15) is 61.1 Å². The van der Waals surface area contributed by atoms with Crippen LogP contribution in [0.2, 0.25) is 0 Å². The van der Waals surface area contributed by atoms with Gasteiger partial charge in [-0.1, -0.05) is 76.2 Å². The third-order valence-corrected chi connectivity index (χ3v) is 8.10. The maximum absolute atomic E-state index is 4.85. The average molecular weight is 415 g/mol. The smallest absolute Gasteiger partial charge is 0.145 e. The van der Waals surface area contributed by atoms with Crippen LogP contribution < -0.4 is 0 Å². The number of pyridine rings is 1. The molecule has 5 aromatic rings. The predicted molar refractivity (Wildman–Crippen MR) is 132 cm³/mol. The lowest BCUT2D eigenvalue weighted by atomic mass is 9.66. The molecule has 0 fully saturated rings. The van der Waals surface area contributed by atoms with Crippen molar-refractivity contribution in [2.24, 2.45) is 0 Å². The summed E-state index contributed by atoms with van der Waals surface area (Å²) in [4.78, 5) is 4.85. The Bertz CT molecular complexity index is 1600. The Morgan fingerprint density at radius 1 is 0.688 bits per heavy atom. The van der Waals surface area contributed by atoms with Gasteiger partial charge in [-0.05, 0) is 58.0 Å². The van der Waals surface area contributed by atoms with Gasteiger partial charge < -0.3 is 0 Å². The van der Waals surface area contributed by atoms with Crippen LogP contribution in [-0.4, -0.2) is 9.55 Å². The molecule has 0 saturated heterocycles. The molecule has 2 aromatic heterocycles. The van der Waals surface area contributed by atoms with Gasteiger partial charge in [-0.3, -0.25) is 4.57 Å². The molecular formula is C30H26N2. The molecule has 7 rings (SSSR count). The molecule has 1 aliphatic heterocycles. The van der Waals surface area contributed by atoms with Crippen molar-refractivity contribution in [3.8, 4) is 5.69 Å². The molecule has 0 spiro atoms. The van der Waals surface area contributed by atoms with Gasteiger partial charge in [0.05, 0.1) is 11.2 Å². The Hall–Kier alpha value is -3.39. The van der Waals surface area contributed by atoms with Gasteiger partial charge in [0.15, 0.2) is 0 Å². The monoisotopic (exact) mass is 414 g/mol. The number of rotatable bonds is 0. The van der Waals surface area contributed by atoms with Crippen LogP contribution in [0.5, 0.6) is 0 Å². The van der Waals surface area contributed by atoms with Crippen molar-refractivity contribution in [1.82, 2.24) is 9.55 Å². The van der Waals surface area contributed by atoms with Crippen LogP contribution in [0, 0.1) is 0 Å². The van der Waals surface area contributed by atoms with Crippen LogP contribution in [0.15, 0.2) is 72.9 Å². The number of nitrogens with zero attached hydrogens (tertiary/aromatic N) is 2. The fourth-order valence-corrected chi connectivity index (χ4v) is 6.46. The molecule has 0 radical (unpaired) electrons. The summed E-state index contributed by atoms with van der Waals surface area (Å²) in [5, 5.41) is 2.53. The standard InChI is InChI=1S/C30H26N2/c1-29(2)22-12-6-5-9-18(22)15-19-16-26-25(17-24(19)29)30(3,4)23-13-7-10-20-21-11-8-14-31-28(21)32(26)27(20)23/h5-14,16-17H,15H2,1-4H3. The lowest BCUT2D eigenvalue weighted by Gasteiger charge is -2.40. The van der Waals surface area contributed by atoms with Crippen molar-refractivity contribution in [3.05, 3.63) is 106 Å². The molecular weight excluding hydrogens is 388 g/mol. The molecule has 0 amide bonds. The second-order valence-corrected chi connectivity index (χ2v) is 10.5. The van der Waals surface area contributed by atoms with Crippen molar-refractivity contribution in [3.63, 3.8) is 0 Å². The van der Waals surface area contributed by atoms with E-state index in [4.69, 9.17) is 4.98 Å². The maximum Gasteiger partial charge on any atom is 0.145 e. The van der Waals surface area contributed by atoms with Gasteiger partial charge in [0.1, 0.15) is 5.65 Å². The minimum Gasteiger partial charge on any atom is -0.293 e. The SMILES string of the molecule is CC1(C)c2ccccc2Cc2cc3c(cc21)C(C)(C)c1cccc2c4cccnc4n-3c12. The first-order chi connectivity index (χ1) is 15.4. The molecule has 0 bridgehead atoms. The minimum atomic E-state index is -0.0820. The van der Waals surface area contributed by atoms with Gasteiger partial charge in [-0.2, -0.15) is 0 Å². The van der Waals surface area contributed by atoms with E-state index in [0.29, 0.717) is 0 Å². The average Bonchev–Trinajstić information content (AvgIpc) is 3.12. The highest BCUT2D eigenvalue weighted by atomic mass is 15.1. The Balaban J connectivity index is 1.63. The topological polar surface area (TPSA) is 17.8 Å². The summed E-state index contributed by atoms with van der Waals surface area (Å²) in [6.45, 7) is 9.52. The highest BCUT2D eigenvalue weighted by Crippen LogP contribution is 2.50. The summed E-state index contributed by atoms with van der Waals surface area (Å²) in [6.07, 6.45) is 2.90. The number of aromatic nitrogens is 2. The molecule has 0 N–H and O–H groups in total. The van der Waals surface area contributed by atoms with Gasteiger partial charge in [0.2, 0.25) is 0 Å². The third kappa shape index (κ3) is 2.03. The molecule has 3 aromatic carbocycles. The maximum atomic E-state index is 4.85. The largest absolute Gasteiger partial charge is 0.293 e. The van der Waals surface area contributed by atoms with E-state index < -0.39 is 0 Å². The summed E-state index contributed by atoms with van der Waals surface area (Å²) >= 11 is 0. The van der Waals surface area contributed by atoms with E-state index in [9.17, 15) is 0 Å². The summed E-state index contributed by atoms with van der Waals surface area (Å²) < 4.78 is 2.42.